The lowest BCUT2D eigenvalue weighted by molar-refractivity contribution is -0.137. The zero-order valence-corrected chi connectivity index (χ0v) is 15.0. The normalized spacial score (nSPS) is 21.3. The summed E-state index contributed by atoms with van der Waals surface area (Å²) in [6.07, 6.45) is 3.94. The van der Waals surface area contributed by atoms with Crippen molar-refractivity contribution in [1.29, 1.82) is 0 Å². The first-order chi connectivity index (χ1) is 12.6. The second kappa shape index (κ2) is 8.26. The number of carbonyl (C=O) groups excluding carboxylic acids is 3. The van der Waals surface area contributed by atoms with Crippen molar-refractivity contribution in [1.82, 2.24) is 34.8 Å². The Bertz CT molecular complexity index is 640. The molecule has 26 heavy (non-hydrogen) atoms. The quantitative estimate of drug-likeness (QED) is 0.633. The molecule has 1 atom stereocenters. The lowest BCUT2D eigenvalue weighted by atomic mass is 10.1. The number of imide groups is 1. The molecule has 0 spiro atoms. The van der Waals surface area contributed by atoms with Crippen LogP contribution in [-0.2, 0) is 16.1 Å². The smallest absolute Gasteiger partial charge is 0.324 e. The summed E-state index contributed by atoms with van der Waals surface area (Å²) in [7, 11) is 0. The molecule has 0 aromatic carbocycles. The molecular weight excluding hydrogens is 338 g/mol. The fourth-order valence-corrected chi connectivity index (χ4v) is 3.27. The molecule has 1 N–H and O–H groups in total. The highest BCUT2D eigenvalue weighted by molar-refractivity contribution is 6.05. The molecule has 0 radical (unpaired) electrons. The van der Waals surface area contributed by atoms with Gasteiger partial charge in [-0.3, -0.25) is 24.1 Å². The molecule has 3 rings (SSSR count). The van der Waals surface area contributed by atoms with E-state index in [2.05, 4.69) is 20.3 Å². The molecule has 2 fully saturated rings. The average Bonchev–Trinajstić information content (AvgIpc) is 3.25. The molecular formula is C16H25N7O3. The van der Waals surface area contributed by atoms with Gasteiger partial charge in [0, 0.05) is 39.3 Å². The fraction of sp³-hybridized carbons (Fsp3) is 0.688. The molecule has 2 saturated heterocycles. The van der Waals surface area contributed by atoms with E-state index in [-0.39, 0.29) is 18.2 Å². The summed E-state index contributed by atoms with van der Waals surface area (Å²) in [6.45, 7) is 6.74. The lowest BCUT2D eigenvalue weighted by Crippen LogP contribution is -2.50. The number of nitrogens with zero attached hydrogens (tertiary/aromatic N) is 6. The first-order valence-corrected chi connectivity index (χ1v) is 9.03. The fourth-order valence-electron chi connectivity index (χ4n) is 3.27. The van der Waals surface area contributed by atoms with Gasteiger partial charge in [-0.15, -0.1) is 0 Å². The Hall–Kier alpha value is -2.49. The van der Waals surface area contributed by atoms with Gasteiger partial charge in [-0.1, -0.05) is 6.92 Å². The van der Waals surface area contributed by atoms with E-state index >= 15 is 0 Å². The SMILES string of the molecule is CCCN1C(=O)N[C@@H](CC(=O)N2CCN(CCn3cncn3)CC2)C1=O. The average molecular weight is 363 g/mol. The summed E-state index contributed by atoms with van der Waals surface area (Å²) in [5.41, 5.74) is 0. The number of nitrogens with one attached hydrogen (secondary N) is 1. The minimum Gasteiger partial charge on any atom is -0.340 e. The summed E-state index contributed by atoms with van der Waals surface area (Å²) < 4.78 is 1.79. The Labute approximate surface area is 152 Å². The number of urea groups is 1. The number of aromatic nitrogens is 3. The molecule has 2 aliphatic rings. The van der Waals surface area contributed by atoms with Crippen molar-refractivity contribution in [2.24, 2.45) is 0 Å². The first kappa shape index (κ1) is 18.3. The predicted molar refractivity (Wildman–Crippen MR) is 92.0 cm³/mol. The molecule has 10 nitrogen and oxygen atoms in total. The van der Waals surface area contributed by atoms with Crippen molar-refractivity contribution >= 4 is 17.8 Å². The molecule has 1 aromatic rings. The Balaban J connectivity index is 1.42. The Morgan fingerprint density at radius 2 is 1.96 bits per heavy atom. The Morgan fingerprint density at radius 1 is 1.19 bits per heavy atom. The number of rotatable bonds is 7. The van der Waals surface area contributed by atoms with Crippen molar-refractivity contribution < 1.29 is 14.4 Å². The van der Waals surface area contributed by atoms with Gasteiger partial charge in [0.25, 0.3) is 5.91 Å². The van der Waals surface area contributed by atoms with E-state index in [1.54, 1.807) is 15.9 Å². The van der Waals surface area contributed by atoms with Crippen LogP contribution in [0.1, 0.15) is 19.8 Å². The van der Waals surface area contributed by atoms with Crippen molar-refractivity contribution in [2.45, 2.75) is 32.4 Å². The van der Waals surface area contributed by atoms with Crippen LogP contribution >= 0.6 is 0 Å². The van der Waals surface area contributed by atoms with E-state index in [0.29, 0.717) is 26.1 Å². The summed E-state index contributed by atoms with van der Waals surface area (Å²) >= 11 is 0. The highest BCUT2D eigenvalue weighted by Crippen LogP contribution is 2.13. The summed E-state index contributed by atoms with van der Waals surface area (Å²) in [6, 6.07) is -1.13. The van der Waals surface area contributed by atoms with Crippen LogP contribution in [-0.4, -0.2) is 92.6 Å². The maximum absolute atomic E-state index is 12.5. The molecule has 0 saturated carbocycles. The monoisotopic (exact) mass is 363 g/mol. The van der Waals surface area contributed by atoms with Gasteiger partial charge in [-0.05, 0) is 6.42 Å². The van der Waals surface area contributed by atoms with Crippen molar-refractivity contribution in [2.75, 3.05) is 39.3 Å². The van der Waals surface area contributed by atoms with Gasteiger partial charge in [0.05, 0.1) is 13.0 Å². The highest BCUT2D eigenvalue weighted by atomic mass is 16.2. The zero-order chi connectivity index (χ0) is 18.5. The summed E-state index contributed by atoms with van der Waals surface area (Å²) in [5.74, 6) is -0.380. The molecule has 10 heteroatoms. The lowest BCUT2D eigenvalue weighted by Gasteiger charge is -2.35. The second-order valence-electron chi connectivity index (χ2n) is 6.58. The van der Waals surface area contributed by atoms with Crippen LogP contribution in [0.25, 0.3) is 0 Å². The Kier molecular flexibility index (Phi) is 5.82. The number of carbonyl (C=O) groups is 3. The minimum absolute atomic E-state index is 0.0315. The van der Waals surface area contributed by atoms with Crippen molar-refractivity contribution in [3.8, 4) is 0 Å². The van der Waals surface area contributed by atoms with Crippen LogP contribution in [0.3, 0.4) is 0 Å². The van der Waals surface area contributed by atoms with Gasteiger partial charge in [0.15, 0.2) is 0 Å². The third-order valence-electron chi connectivity index (χ3n) is 4.77. The maximum atomic E-state index is 12.5. The van der Waals surface area contributed by atoms with E-state index in [1.165, 1.54) is 11.2 Å². The molecule has 0 aliphatic carbocycles. The molecule has 0 unspecified atom stereocenters. The summed E-state index contributed by atoms with van der Waals surface area (Å²) in [5, 5.41) is 6.69. The third-order valence-corrected chi connectivity index (χ3v) is 4.77. The van der Waals surface area contributed by atoms with Gasteiger partial charge in [-0.25, -0.2) is 9.78 Å². The standard InChI is InChI=1S/C16H25N7O3/c1-2-3-23-15(25)13(19-16(23)26)10-14(24)21-7-4-20(5-8-21)6-9-22-12-17-11-18-22/h11-13H,2-10H2,1H3,(H,19,26)/t13-/m0/s1. The van der Waals surface area contributed by atoms with E-state index in [0.717, 1.165) is 26.2 Å². The topological polar surface area (TPSA) is 104 Å². The largest absolute Gasteiger partial charge is 0.340 e. The number of amides is 4. The molecule has 142 valence electrons. The molecule has 1 aromatic heterocycles. The van der Waals surface area contributed by atoms with Crippen molar-refractivity contribution in [3.63, 3.8) is 0 Å². The number of piperazine rings is 1. The molecule has 0 bridgehead atoms. The Morgan fingerprint density at radius 3 is 2.62 bits per heavy atom. The van der Waals surface area contributed by atoms with Crippen LogP contribution in [0, 0.1) is 0 Å². The molecule has 2 aliphatic heterocycles. The highest BCUT2D eigenvalue weighted by Gasteiger charge is 2.39. The zero-order valence-electron chi connectivity index (χ0n) is 15.0. The van der Waals surface area contributed by atoms with Crippen molar-refractivity contribution in [3.05, 3.63) is 12.7 Å². The predicted octanol–water partition coefficient (Wildman–Crippen LogP) is -0.857. The number of hydrogen-bond donors (Lipinski definition) is 1. The van der Waals surface area contributed by atoms with Crippen LogP contribution in [0.5, 0.6) is 0 Å². The minimum atomic E-state index is -0.730. The first-order valence-electron chi connectivity index (χ1n) is 9.03. The van der Waals surface area contributed by atoms with Crippen LogP contribution in [0.2, 0.25) is 0 Å². The van der Waals surface area contributed by atoms with Gasteiger partial charge < -0.3 is 10.2 Å². The molecule has 3 heterocycles. The van der Waals surface area contributed by atoms with Crippen LogP contribution < -0.4 is 5.32 Å². The van der Waals surface area contributed by atoms with Gasteiger partial charge in [0.1, 0.15) is 18.7 Å². The second-order valence-corrected chi connectivity index (χ2v) is 6.58. The van der Waals surface area contributed by atoms with E-state index in [4.69, 9.17) is 0 Å². The summed E-state index contributed by atoms with van der Waals surface area (Å²) in [4.78, 5) is 45.7. The van der Waals surface area contributed by atoms with Gasteiger partial charge in [-0.2, -0.15) is 5.10 Å². The van der Waals surface area contributed by atoms with Gasteiger partial charge >= 0.3 is 6.03 Å². The number of hydrogen-bond acceptors (Lipinski definition) is 6. The van der Waals surface area contributed by atoms with Crippen LogP contribution in [0.4, 0.5) is 4.79 Å². The van der Waals surface area contributed by atoms with Gasteiger partial charge in [0.2, 0.25) is 5.91 Å². The van der Waals surface area contributed by atoms with E-state index in [1.807, 2.05) is 6.92 Å². The molecule has 4 amide bonds. The van der Waals surface area contributed by atoms with E-state index in [9.17, 15) is 14.4 Å². The third kappa shape index (κ3) is 4.18. The maximum Gasteiger partial charge on any atom is 0.324 e. The van der Waals surface area contributed by atoms with Crippen LogP contribution in [0.15, 0.2) is 12.7 Å². The van der Waals surface area contributed by atoms with E-state index < -0.39 is 12.1 Å².